The Labute approximate surface area is 148 Å². The van der Waals surface area contributed by atoms with Crippen LogP contribution in [0.15, 0.2) is 65.4 Å². The SMILES string of the molecule is Nc1nc(-c2cccs2)c(Cc2ccccc2)c(-c2cccs2)n1. The van der Waals surface area contributed by atoms with Crippen LogP contribution in [-0.4, -0.2) is 9.97 Å². The zero-order valence-electron chi connectivity index (χ0n) is 12.8. The first-order chi connectivity index (χ1) is 11.8. The molecule has 0 aliphatic carbocycles. The molecular weight excluding hydrogens is 334 g/mol. The van der Waals surface area contributed by atoms with Gasteiger partial charge in [-0.1, -0.05) is 42.5 Å². The van der Waals surface area contributed by atoms with Crippen LogP contribution in [-0.2, 0) is 6.42 Å². The summed E-state index contributed by atoms with van der Waals surface area (Å²) in [6, 6.07) is 18.7. The molecule has 3 aromatic heterocycles. The lowest BCUT2D eigenvalue weighted by Crippen LogP contribution is -2.04. The molecular formula is C19H15N3S2. The number of aromatic nitrogens is 2. The molecule has 3 nitrogen and oxygen atoms in total. The largest absolute Gasteiger partial charge is 0.368 e. The molecule has 0 atom stereocenters. The number of hydrogen-bond donors (Lipinski definition) is 1. The van der Waals surface area contributed by atoms with Gasteiger partial charge in [-0.15, -0.1) is 22.7 Å². The summed E-state index contributed by atoms with van der Waals surface area (Å²) in [4.78, 5) is 11.4. The molecule has 0 aliphatic rings. The quantitative estimate of drug-likeness (QED) is 0.557. The number of rotatable bonds is 4. The van der Waals surface area contributed by atoms with Crippen LogP contribution in [0.1, 0.15) is 11.1 Å². The summed E-state index contributed by atoms with van der Waals surface area (Å²) in [6.07, 6.45) is 0.779. The maximum Gasteiger partial charge on any atom is 0.221 e. The minimum atomic E-state index is 0.318. The van der Waals surface area contributed by atoms with E-state index in [4.69, 9.17) is 5.73 Å². The van der Waals surface area contributed by atoms with Gasteiger partial charge in [0.15, 0.2) is 0 Å². The first-order valence-electron chi connectivity index (χ1n) is 7.59. The van der Waals surface area contributed by atoms with Crippen molar-refractivity contribution in [2.45, 2.75) is 6.42 Å². The van der Waals surface area contributed by atoms with Gasteiger partial charge in [-0.05, 0) is 28.5 Å². The van der Waals surface area contributed by atoms with Crippen molar-refractivity contribution in [2.24, 2.45) is 0 Å². The molecule has 0 radical (unpaired) electrons. The number of nitrogens with zero attached hydrogens (tertiary/aromatic N) is 2. The fourth-order valence-corrected chi connectivity index (χ4v) is 4.19. The van der Waals surface area contributed by atoms with Crippen LogP contribution in [0.4, 0.5) is 5.95 Å². The van der Waals surface area contributed by atoms with Crippen LogP contribution in [0.2, 0.25) is 0 Å². The molecule has 5 heteroatoms. The first-order valence-corrected chi connectivity index (χ1v) is 9.35. The van der Waals surface area contributed by atoms with Gasteiger partial charge in [-0.3, -0.25) is 0 Å². The van der Waals surface area contributed by atoms with Crippen molar-refractivity contribution in [1.29, 1.82) is 0 Å². The number of hydrogen-bond acceptors (Lipinski definition) is 5. The van der Waals surface area contributed by atoms with Gasteiger partial charge in [0, 0.05) is 12.0 Å². The third kappa shape index (κ3) is 2.96. The highest BCUT2D eigenvalue weighted by atomic mass is 32.1. The van der Waals surface area contributed by atoms with Gasteiger partial charge in [0.2, 0.25) is 5.95 Å². The Kier molecular flexibility index (Phi) is 4.11. The maximum atomic E-state index is 6.02. The van der Waals surface area contributed by atoms with E-state index in [2.05, 4.69) is 57.1 Å². The lowest BCUT2D eigenvalue weighted by molar-refractivity contribution is 1.10. The third-order valence-corrected chi connectivity index (χ3v) is 5.51. The van der Waals surface area contributed by atoms with E-state index in [9.17, 15) is 0 Å². The summed E-state index contributed by atoms with van der Waals surface area (Å²) in [6.45, 7) is 0. The zero-order chi connectivity index (χ0) is 16.4. The molecule has 118 valence electrons. The molecule has 0 aliphatic heterocycles. The average molecular weight is 349 g/mol. The lowest BCUT2D eigenvalue weighted by Gasteiger charge is -2.13. The Hall–Kier alpha value is -2.50. The van der Waals surface area contributed by atoms with Crippen LogP contribution in [0, 0.1) is 0 Å². The Morgan fingerprint density at radius 2 is 1.33 bits per heavy atom. The van der Waals surface area contributed by atoms with Crippen molar-refractivity contribution >= 4 is 28.6 Å². The Morgan fingerprint density at radius 1 is 0.750 bits per heavy atom. The van der Waals surface area contributed by atoms with Crippen molar-refractivity contribution in [2.75, 3.05) is 5.73 Å². The van der Waals surface area contributed by atoms with E-state index in [0.29, 0.717) is 5.95 Å². The fourth-order valence-electron chi connectivity index (χ4n) is 2.70. The number of thiophene rings is 2. The van der Waals surface area contributed by atoms with E-state index in [0.717, 1.165) is 33.1 Å². The Bertz CT molecular complexity index is 875. The number of nitrogens with two attached hydrogens (primary N) is 1. The van der Waals surface area contributed by atoms with Crippen molar-refractivity contribution < 1.29 is 0 Å². The Morgan fingerprint density at radius 3 is 1.83 bits per heavy atom. The fraction of sp³-hybridized carbons (Fsp3) is 0.0526. The molecule has 1 aromatic carbocycles. The van der Waals surface area contributed by atoms with Crippen LogP contribution >= 0.6 is 22.7 Å². The normalized spacial score (nSPS) is 10.8. The Balaban J connectivity index is 1.93. The van der Waals surface area contributed by atoms with E-state index in [1.165, 1.54) is 5.56 Å². The summed E-state index contributed by atoms with van der Waals surface area (Å²) in [7, 11) is 0. The first kappa shape index (κ1) is 15.1. The van der Waals surface area contributed by atoms with Gasteiger partial charge < -0.3 is 5.73 Å². The molecule has 0 fully saturated rings. The molecule has 3 heterocycles. The van der Waals surface area contributed by atoms with E-state index in [1.54, 1.807) is 22.7 Å². The molecule has 4 rings (SSSR count). The summed E-state index contributed by atoms with van der Waals surface area (Å²) in [5, 5.41) is 4.12. The summed E-state index contributed by atoms with van der Waals surface area (Å²) in [5.41, 5.74) is 10.3. The van der Waals surface area contributed by atoms with Gasteiger partial charge in [0.25, 0.3) is 0 Å². The highest BCUT2D eigenvalue weighted by molar-refractivity contribution is 7.14. The molecule has 0 bridgehead atoms. The minimum absolute atomic E-state index is 0.318. The third-order valence-electron chi connectivity index (χ3n) is 3.76. The second-order valence-corrected chi connectivity index (χ2v) is 7.27. The molecule has 2 N–H and O–H groups in total. The topological polar surface area (TPSA) is 51.8 Å². The van der Waals surface area contributed by atoms with E-state index in [1.807, 2.05) is 18.2 Å². The minimum Gasteiger partial charge on any atom is -0.368 e. The van der Waals surface area contributed by atoms with Crippen molar-refractivity contribution in [3.63, 3.8) is 0 Å². The number of nitrogen functional groups attached to an aromatic ring is 1. The van der Waals surface area contributed by atoms with Gasteiger partial charge >= 0.3 is 0 Å². The van der Waals surface area contributed by atoms with Crippen molar-refractivity contribution in [3.05, 3.63) is 76.5 Å². The molecule has 24 heavy (non-hydrogen) atoms. The number of anilines is 1. The van der Waals surface area contributed by atoms with E-state index in [-0.39, 0.29) is 0 Å². The second-order valence-electron chi connectivity index (χ2n) is 5.37. The molecule has 0 saturated heterocycles. The molecule has 0 amide bonds. The predicted molar refractivity (Wildman–Crippen MR) is 102 cm³/mol. The van der Waals surface area contributed by atoms with E-state index < -0.39 is 0 Å². The smallest absolute Gasteiger partial charge is 0.221 e. The van der Waals surface area contributed by atoms with Crippen molar-refractivity contribution in [1.82, 2.24) is 9.97 Å². The van der Waals surface area contributed by atoms with Crippen LogP contribution in [0.3, 0.4) is 0 Å². The molecule has 0 saturated carbocycles. The van der Waals surface area contributed by atoms with Crippen LogP contribution < -0.4 is 5.73 Å². The van der Waals surface area contributed by atoms with Gasteiger partial charge in [0.05, 0.1) is 21.1 Å². The average Bonchev–Trinajstić information content (AvgIpc) is 3.31. The van der Waals surface area contributed by atoms with Crippen molar-refractivity contribution in [3.8, 4) is 21.1 Å². The van der Waals surface area contributed by atoms with Crippen LogP contribution in [0.25, 0.3) is 21.1 Å². The number of benzene rings is 1. The molecule has 0 spiro atoms. The molecule has 4 aromatic rings. The van der Waals surface area contributed by atoms with E-state index >= 15 is 0 Å². The standard InChI is InChI=1S/C19H15N3S2/c20-19-21-17(15-8-4-10-23-15)14(12-13-6-2-1-3-7-13)18(22-19)16-9-5-11-24-16/h1-11H,12H2,(H2,20,21,22). The van der Waals surface area contributed by atoms with Crippen LogP contribution in [0.5, 0.6) is 0 Å². The highest BCUT2D eigenvalue weighted by Gasteiger charge is 2.18. The molecule has 0 unspecified atom stereocenters. The summed E-state index contributed by atoms with van der Waals surface area (Å²) >= 11 is 3.35. The maximum absolute atomic E-state index is 6.02. The zero-order valence-corrected chi connectivity index (χ0v) is 14.5. The van der Waals surface area contributed by atoms with Gasteiger partial charge in [-0.25, -0.2) is 9.97 Å². The van der Waals surface area contributed by atoms with Gasteiger partial charge in [0.1, 0.15) is 0 Å². The second kappa shape index (κ2) is 6.55. The lowest BCUT2D eigenvalue weighted by atomic mass is 10.00. The van der Waals surface area contributed by atoms with Gasteiger partial charge in [-0.2, -0.15) is 0 Å². The predicted octanol–water partition coefficient (Wildman–Crippen LogP) is 5.11. The highest BCUT2D eigenvalue weighted by Crippen LogP contribution is 2.35. The summed E-state index contributed by atoms with van der Waals surface area (Å²) < 4.78 is 0. The monoisotopic (exact) mass is 349 g/mol. The summed E-state index contributed by atoms with van der Waals surface area (Å²) in [5.74, 6) is 0.318.